The maximum Gasteiger partial charge on any atom is 0.586 e. The third-order valence-electron chi connectivity index (χ3n) is 4.09. The average molecular weight is 395 g/mol. The van der Waals surface area contributed by atoms with Crippen LogP contribution in [-0.2, 0) is 5.75 Å². The molecule has 0 bridgehead atoms. The molecule has 0 aliphatic carbocycles. The van der Waals surface area contributed by atoms with Gasteiger partial charge in [0.1, 0.15) is 0 Å². The number of imidazole rings is 1. The Bertz CT molecular complexity index is 980. The molecule has 0 radical (unpaired) electrons. The summed E-state index contributed by atoms with van der Waals surface area (Å²) in [6, 6.07) is 2.87. The topological polar surface area (TPSA) is 78.5 Å². The zero-order valence-electron chi connectivity index (χ0n) is 14.6. The van der Waals surface area contributed by atoms with E-state index in [1.807, 2.05) is 6.92 Å². The number of nitrogens with one attached hydrogen (secondary N) is 1. The van der Waals surface area contributed by atoms with Gasteiger partial charge in [-0.3, -0.25) is 4.98 Å². The van der Waals surface area contributed by atoms with Crippen molar-refractivity contribution in [3.8, 4) is 23.0 Å². The van der Waals surface area contributed by atoms with E-state index >= 15 is 0 Å². The molecule has 7 nitrogen and oxygen atoms in total. The molecule has 0 fully saturated rings. The van der Waals surface area contributed by atoms with Gasteiger partial charge in [0.25, 0.3) is 0 Å². The van der Waals surface area contributed by atoms with Crippen LogP contribution in [0.3, 0.4) is 0 Å². The lowest BCUT2D eigenvalue weighted by Gasteiger charge is -2.12. The van der Waals surface area contributed by atoms with E-state index in [0.717, 1.165) is 11.3 Å². The second-order valence-electron chi connectivity index (χ2n) is 5.75. The van der Waals surface area contributed by atoms with Crippen molar-refractivity contribution in [1.29, 1.82) is 0 Å². The van der Waals surface area contributed by atoms with Gasteiger partial charge >= 0.3 is 6.29 Å². The average Bonchev–Trinajstić information content (AvgIpc) is 3.15. The number of benzene rings is 1. The normalized spacial score (nSPS) is 14.6. The molecule has 3 heterocycles. The highest BCUT2D eigenvalue weighted by Gasteiger charge is 2.43. The standard InChI is InChI=1S/C17H15F2N3O4S/c1-8-11(20-6-14(23-2)15(8)24-3)7-27-16-21-9-4-12-13(5-10(9)22-16)26-17(18,19)25-12/h4-6H,7H2,1-3H3,(H,21,22). The number of alkyl halides is 2. The Balaban J connectivity index is 1.55. The molecule has 142 valence electrons. The molecule has 1 aromatic carbocycles. The van der Waals surface area contributed by atoms with Gasteiger partial charge in [0.15, 0.2) is 28.2 Å². The summed E-state index contributed by atoms with van der Waals surface area (Å²) in [4.78, 5) is 11.9. The van der Waals surface area contributed by atoms with Crippen LogP contribution in [0.25, 0.3) is 11.0 Å². The number of thioether (sulfide) groups is 1. The first-order valence-electron chi connectivity index (χ1n) is 7.89. The van der Waals surface area contributed by atoms with Crippen LogP contribution in [-0.4, -0.2) is 35.5 Å². The van der Waals surface area contributed by atoms with Gasteiger partial charge in [-0.15, -0.1) is 8.78 Å². The van der Waals surface area contributed by atoms with Gasteiger partial charge in [-0.25, -0.2) is 4.98 Å². The molecule has 0 unspecified atom stereocenters. The Kier molecular flexibility index (Phi) is 4.22. The molecule has 0 amide bonds. The number of fused-ring (bicyclic) bond motifs is 2. The van der Waals surface area contributed by atoms with E-state index in [1.54, 1.807) is 20.4 Å². The van der Waals surface area contributed by atoms with Crippen molar-refractivity contribution in [2.24, 2.45) is 0 Å². The van der Waals surface area contributed by atoms with Gasteiger partial charge in [-0.05, 0) is 6.92 Å². The predicted molar refractivity (Wildman–Crippen MR) is 93.9 cm³/mol. The number of nitrogens with zero attached hydrogens (tertiary/aromatic N) is 2. The number of aromatic amines is 1. The Hall–Kier alpha value is -2.75. The fourth-order valence-electron chi connectivity index (χ4n) is 2.79. The molecule has 2 aromatic heterocycles. The number of methoxy groups -OCH3 is 2. The highest BCUT2D eigenvalue weighted by molar-refractivity contribution is 7.98. The molecule has 1 aliphatic rings. The van der Waals surface area contributed by atoms with Crippen LogP contribution in [0.1, 0.15) is 11.3 Å². The molecular weight excluding hydrogens is 380 g/mol. The molecular formula is C17H15F2N3O4S. The summed E-state index contributed by atoms with van der Waals surface area (Å²) in [7, 11) is 3.14. The SMILES string of the molecule is COc1cnc(CSc2nc3cc4c(cc3[nH]2)OC(F)(F)O4)c(C)c1OC. The number of H-pyrrole nitrogens is 1. The van der Waals surface area contributed by atoms with Crippen molar-refractivity contribution in [3.63, 3.8) is 0 Å². The lowest BCUT2D eigenvalue weighted by Crippen LogP contribution is -2.25. The van der Waals surface area contributed by atoms with Crippen molar-refractivity contribution >= 4 is 22.8 Å². The monoisotopic (exact) mass is 395 g/mol. The van der Waals surface area contributed by atoms with E-state index in [4.69, 9.17) is 9.47 Å². The Labute approximate surface area is 157 Å². The molecule has 0 atom stereocenters. The lowest BCUT2D eigenvalue weighted by atomic mass is 10.2. The smallest absolute Gasteiger partial charge is 0.492 e. The highest BCUT2D eigenvalue weighted by Crippen LogP contribution is 2.43. The molecule has 27 heavy (non-hydrogen) atoms. The number of halogens is 2. The fraction of sp³-hybridized carbons (Fsp3) is 0.294. The van der Waals surface area contributed by atoms with Crippen LogP contribution in [0.4, 0.5) is 8.78 Å². The van der Waals surface area contributed by atoms with Gasteiger partial charge in [-0.1, -0.05) is 11.8 Å². The molecule has 0 saturated carbocycles. The van der Waals surface area contributed by atoms with Crippen LogP contribution in [0.2, 0.25) is 0 Å². The number of rotatable bonds is 5. The van der Waals surface area contributed by atoms with Gasteiger partial charge in [0, 0.05) is 23.4 Å². The molecule has 0 saturated heterocycles. The van der Waals surface area contributed by atoms with E-state index in [-0.39, 0.29) is 11.5 Å². The summed E-state index contributed by atoms with van der Waals surface area (Å²) in [5.41, 5.74) is 2.79. The third-order valence-corrected chi connectivity index (χ3v) is 4.97. The van der Waals surface area contributed by atoms with Crippen LogP contribution < -0.4 is 18.9 Å². The summed E-state index contributed by atoms with van der Waals surface area (Å²) in [5, 5.41) is 0.622. The quantitative estimate of drug-likeness (QED) is 0.657. The van der Waals surface area contributed by atoms with Gasteiger partial charge in [0.2, 0.25) is 0 Å². The summed E-state index contributed by atoms with van der Waals surface area (Å²) in [6.45, 7) is 1.91. The van der Waals surface area contributed by atoms with Crippen molar-refractivity contribution in [1.82, 2.24) is 15.0 Å². The van der Waals surface area contributed by atoms with Crippen molar-refractivity contribution in [3.05, 3.63) is 29.6 Å². The summed E-state index contributed by atoms with van der Waals surface area (Å²) in [6.07, 6.45) is -2.03. The first-order chi connectivity index (χ1) is 12.9. The van der Waals surface area contributed by atoms with E-state index < -0.39 is 6.29 Å². The molecule has 1 aliphatic heterocycles. The van der Waals surface area contributed by atoms with Gasteiger partial charge in [0.05, 0.1) is 37.1 Å². The molecule has 10 heteroatoms. The summed E-state index contributed by atoms with van der Waals surface area (Å²) < 4.78 is 45.8. The number of hydrogen-bond donors (Lipinski definition) is 1. The minimum Gasteiger partial charge on any atom is -0.492 e. The first-order valence-corrected chi connectivity index (χ1v) is 8.87. The second-order valence-corrected chi connectivity index (χ2v) is 6.71. The maximum absolute atomic E-state index is 13.1. The number of ether oxygens (including phenoxy) is 4. The summed E-state index contributed by atoms with van der Waals surface area (Å²) >= 11 is 1.43. The number of hydrogen-bond acceptors (Lipinski definition) is 7. The van der Waals surface area contributed by atoms with E-state index in [0.29, 0.717) is 33.4 Å². The van der Waals surface area contributed by atoms with E-state index in [9.17, 15) is 8.78 Å². The van der Waals surface area contributed by atoms with Crippen LogP contribution in [0.15, 0.2) is 23.5 Å². The molecule has 0 spiro atoms. The highest BCUT2D eigenvalue weighted by atomic mass is 32.2. The van der Waals surface area contributed by atoms with Crippen LogP contribution in [0, 0.1) is 6.92 Å². The second kappa shape index (κ2) is 6.45. The molecule has 4 rings (SSSR count). The Morgan fingerprint density at radius 3 is 2.63 bits per heavy atom. The number of pyridine rings is 1. The van der Waals surface area contributed by atoms with Gasteiger partial charge < -0.3 is 23.9 Å². The van der Waals surface area contributed by atoms with Crippen LogP contribution >= 0.6 is 11.8 Å². The molecule has 1 N–H and O–H groups in total. The largest absolute Gasteiger partial charge is 0.586 e. The Morgan fingerprint density at radius 2 is 1.93 bits per heavy atom. The zero-order valence-corrected chi connectivity index (χ0v) is 15.4. The molecule has 3 aromatic rings. The van der Waals surface area contributed by atoms with E-state index in [2.05, 4.69) is 24.4 Å². The van der Waals surface area contributed by atoms with Crippen molar-refractivity contribution < 1.29 is 27.7 Å². The van der Waals surface area contributed by atoms with Gasteiger partial charge in [-0.2, -0.15) is 0 Å². The first kappa shape index (κ1) is 17.7. The van der Waals surface area contributed by atoms with E-state index in [1.165, 1.54) is 23.9 Å². The summed E-state index contributed by atoms with van der Waals surface area (Å²) in [5.74, 6) is 1.69. The Morgan fingerprint density at radius 1 is 1.19 bits per heavy atom. The minimum absolute atomic E-state index is 0.0231. The van der Waals surface area contributed by atoms with Crippen molar-refractivity contribution in [2.45, 2.75) is 24.1 Å². The lowest BCUT2D eigenvalue weighted by molar-refractivity contribution is -0.286. The maximum atomic E-state index is 13.1. The van der Waals surface area contributed by atoms with Crippen LogP contribution in [0.5, 0.6) is 23.0 Å². The number of aromatic nitrogens is 3. The predicted octanol–water partition coefficient (Wildman–Crippen LogP) is 3.90. The zero-order chi connectivity index (χ0) is 19.2. The minimum atomic E-state index is -3.64. The van der Waals surface area contributed by atoms with Crippen molar-refractivity contribution in [2.75, 3.05) is 14.2 Å². The third kappa shape index (κ3) is 3.20. The fourth-order valence-corrected chi connectivity index (χ4v) is 3.70.